The fourth-order valence-electron chi connectivity index (χ4n) is 3.45. The van der Waals surface area contributed by atoms with Crippen molar-refractivity contribution < 1.29 is 4.79 Å². The molecule has 3 aromatic rings. The third-order valence-electron chi connectivity index (χ3n) is 5.42. The van der Waals surface area contributed by atoms with Crippen LogP contribution in [0.5, 0.6) is 0 Å². The van der Waals surface area contributed by atoms with E-state index in [1.165, 1.54) is 11.5 Å². The minimum absolute atomic E-state index is 0.176. The number of fused-ring (bicyclic) bond motifs is 1. The number of nitriles is 1. The maximum absolute atomic E-state index is 12.9. The molecule has 1 N–H and O–H groups in total. The van der Waals surface area contributed by atoms with Crippen molar-refractivity contribution in [3.63, 3.8) is 0 Å². The molecule has 0 saturated heterocycles. The van der Waals surface area contributed by atoms with Crippen LogP contribution >= 0.6 is 11.3 Å². The number of hydrogen-bond acceptors (Lipinski definition) is 4. The molecule has 2 aliphatic rings. The number of carbonyl (C=O) groups excluding carboxylic acids is 1. The van der Waals surface area contributed by atoms with Gasteiger partial charge >= 0.3 is 0 Å². The van der Waals surface area contributed by atoms with E-state index in [0.717, 1.165) is 21.7 Å². The molecule has 0 radical (unpaired) electrons. The lowest BCUT2D eigenvalue weighted by Gasteiger charge is -2.17. The van der Waals surface area contributed by atoms with Gasteiger partial charge in [0.1, 0.15) is 5.69 Å². The van der Waals surface area contributed by atoms with Gasteiger partial charge < -0.3 is 5.32 Å². The molecule has 2 aromatic carbocycles. The van der Waals surface area contributed by atoms with Crippen LogP contribution in [0.4, 0.5) is 5.69 Å². The van der Waals surface area contributed by atoms with Crippen LogP contribution in [-0.4, -0.2) is 20.3 Å². The molecule has 30 heavy (non-hydrogen) atoms. The number of aromatic nitrogens is 3. The molecule has 3 heterocycles. The van der Waals surface area contributed by atoms with Crippen molar-refractivity contribution >= 4 is 22.9 Å². The normalized spacial score (nSPS) is 11.9. The SMILES string of the molecule is Cc1ccc(C(=O)Nc2cccc(C(C)(C)C#N)c2)cc1-n1c2c(-c3cncs3)n1-2. The Bertz CT molecular complexity index is 1320. The van der Waals surface area contributed by atoms with Crippen LogP contribution in [-0.2, 0) is 5.41 Å². The van der Waals surface area contributed by atoms with E-state index in [1.54, 1.807) is 11.3 Å². The minimum Gasteiger partial charge on any atom is -0.322 e. The predicted octanol–water partition coefficient (Wildman–Crippen LogP) is 5.07. The topological polar surface area (TPSA) is 75.6 Å². The summed E-state index contributed by atoms with van der Waals surface area (Å²) in [5.41, 5.74) is 6.67. The lowest BCUT2D eigenvalue weighted by atomic mass is 9.86. The van der Waals surface area contributed by atoms with Gasteiger partial charge in [-0.2, -0.15) is 5.26 Å². The molecule has 1 amide bonds. The second-order valence-electron chi connectivity index (χ2n) is 7.93. The van der Waals surface area contributed by atoms with Gasteiger partial charge in [0.05, 0.1) is 27.6 Å². The van der Waals surface area contributed by atoms with Gasteiger partial charge in [0, 0.05) is 17.4 Å². The molecule has 5 rings (SSSR count). The first-order valence-corrected chi connectivity index (χ1v) is 10.5. The molecule has 0 bridgehead atoms. The molecule has 0 spiro atoms. The van der Waals surface area contributed by atoms with E-state index in [9.17, 15) is 10.1 Å². The Morgan fingerprint density at radius 1 is 1.20 bits per heavy atom. The van der Waals surface area contributed by atoms with E-state index in [2.05, 4.69) is 25.7 Å². The second kappa shape index (κ2) is 6.44. The number of nitrogens with one attached hydrogen (secondary N) is 1. The number of hydrogen-bond donors (Lipinski definition) is 1. The average Bonchev–Trinajstić information content (AvgIpc) is 3.58. The number of aryl methyl sites for hydroxylation is 1. The van der Waals surface area contributed by atoms with Gasteiger partial charge in [-0.05, 0) is 56.2 Å². The zero-order chi connectivity index (χ0) is 21.0. The average molecular weight is 414 g/mol. The smallest absolute Gasteiger partial charge is 0.255 e. The van der Waals surface area contributed by atoms with Gasteiger partial charge in [-0.1, -0.05) is 18.2 Å². The zero-order valence-electron chi connectivity index (χ0n) is 16.8. The van der Waals surface area contributed by atoms with E-state index < -0.39 is 5.41 Å². The van der Waals surface area contributed by atoms with E-state index in [-0.39, 0.29) is 5.91 Å². The molecule has 2 aliphatic heterocycles. The Balaban J connectivity index is 1.38. The third kappa shape index (κ3) is 2.93. The van der Waals surface area contributed by atoms with Crippen LogP contribution in [0.25, 0.3) is 22.1 Å². The summed E-state index contributed by atoms with van der Waals surface area (Å²) in [4.78, 5) is 18.2. The second-order valence-corrected chi connectivity index (χ2v) is 8.82. The molecular weight excluding hydrogens is 394 g/mol. The molecule has 0 atom stereocenters. The number of carbonyl (C=O) groups is 1. The van der Waals surface area contributed by atoms with Crippen LogP contribution in [0.15, 0.2) is 54.2 Å². The molecule has 1 aromatic heterocycles. The highest BCUT2D eigenvalue weighted by atomic mass is 32.1. The number of rotatable bonds is 5. The summed E-state index contributed by atoms with van der Waals surface area (Å²) in [6.45, 7) is 5.76. The highest BCUT2D eigenvalue weighted by molar-refractivity contribution is 7.13. The van der Waals surface area contributed by atoms with Crippen molar-refractivity contribution in [1.82, 2.24) is 14.3 Å². The Morgan fingerprint density at radius 2 is 2.00 bits per heavy atom. The lowest BCUT2D eigenvalue weighted by molar-refractivity contribution is 0.102. The molecule has 0 unspecified atom stereocenters. The summed E-state index contributed by atoms with van der Waals surface area (Å²) < 4.78 is 4.24. The van der Waals surface area contributed by atoms with Crippen LogP contribution in [0, 0.1) is 18.3 Å². The van der Waals surface area contributed by atoms with Gasteiger partial charge in [0.25, 0.3) is 5.91 Å². The maximum atomic E-state index is 12.9. The quantitative estimate of drug-likeness (QED) is 0.437. The van der Waals surface area contributed by atoms with E-state index in [1.807, 2.05) is 74.9 Å². The molecule has 0 fully saturated rings. The zero-order valence-corrected chi connectivity index (χ0v) is 17.6. The molecule has 0 saturated carbocycles. The van der Waals surface area contributed by atoms with Gasteiger partial charge in [-0.25, -0.2) is 9.36 Å². The summed E-state index contributed by atoms with van der Waals surface area (Å²) in [5, 5.41) is 12.3. The first-order valence-electron chi connectivity index (χ1n) is 9.58. The summed E-state index contributed by atoms with van der Waals surface area (Å²) >= 11 is 1.62. The van der Waals surface area contributed by atoms with Gasteiger partial charge in [0.2, 0.25) is 0 Å². The van der Waals surface area contributed by atoms with Crippen molar-refractivity contribution in [2.45, 2.75) is 26.2 Å². The molecule has 148 valence electrons. The van der Waals surface area contributed by atoms with Crippen LogP contribution in [0.3, 0.4) is 0 Å². The predicted molar refractivity (Wildman–Crippen MR) is 118 cm³/mol. The van der Waals surface area contributed by atoms with E-state index in [0.29, 0.717) is 11.3 Å². The lowest BCUT2D eigenvalue weighted by Crippen LogP contribution is -2.16. The van der Waals surface area contributed by atoms with Gasteiger partial charge in [-0.15, -0.1) is 11.3 Å². The minimum atomic E-state index is -0.615. The van der Waals surface area contributed by atoms with Crippen LogP contribution in [0.1, 0.15) is 35.3 Å². The van der Waals surface area contributed by atoms with Crippen LogP contribution < -0.4 is 5.32 Å². The Hall–Kier alpha value is -3.63. The largest absolute Gasteiger partial charge is 0.322 e. The van der Waals surface area contributed by atoms with E-state index >= 15 is 0 Å². The highest BCUT2D eigenvalue weighted by Crippen LogP contribution is 2.50. The third-order valence-corrected chi connectivity index (χ3v) is 6.20. The molecule has 6 nitrogen and oxygen atoms in total. The summed E-state index contributed by atoms with van der Waals surface area (Å²) in [7, 11) is 0. The van der Waals surface area contributed by atoms with Crippen molar-refractivity contribution in [2.24, 2.45) is 0 Å². The highest BCUT2D eigenvalue weighted by Gasteiger charge is 2.43. The number of nitrogens with zero attached hydrogens (tertiary/aromatic N) is 4. The first kappa shape index (κ1) is 18.4. The van der Waals surface area contributed by atoms with Crippen molar-refractivity contribution in [2.75, 3.05) is 5.32 Å². The number of thiazole rings is 1. The molecule has 7 heteroatoms. The Kier molecular flexibility index (Phi) is 3.95. The van der Waals surface area contributed by atoms with Crippen molar-refractivity contribution in [1.29, 1.82) is 5.26 Å². The number of amides is 1. The molecular formula is C23H19N5OS. The maximum Gasteiger partial charge on any atom is 0.255 e. The van der Waals surface area contributed by atoms with Crippen molar-refractivity contribution in [3.05, 3.63) is 70.9 Å². The monoisotopic (exact) mass is 413 g/mol. The molecule has 0 aliphatic carbocycles. The fraction of sp³-hybridized carbons (Fsp3) is 0.174. The standard InChI is InChI=1S/C23H19N5OS/c1-14-7-8-15(9-18(14)27-22-20(28(22)27)19-11-25-13-30-19)21(29)26-17-6-4-5-16(10-17)23(2,3)12-24/h4-11,13H,1-3H3,(H,26,29). The Morgan fingerprint density at radius 3 is 2.70 bits per heavy atom. The first-order chi connectivity index (χ1) is 14.4. The summed E-state index contributed by atoms with van der Waals surface area (Å²) in [6, 6.07) is 15.5. The van der Waals surface area contributed by atoms with Gasteiger partial charge in [-0.3, -0.25) is 9.78 Å². The van der Waals surface area contributed by atoms with E-state index in [4.69, 9.17) is 0 Å². The van der Waals surface area contributed by atoms with Crippen LogP contribution in [0.2, 0.25) is 0 Å². The number of benzene rings is 2. The Labute approximate surface area is 178 Å². The van der Waals surface area contributed by atoms with Gasteiger partial charge in [0.15, 0.2) is 5.82 Å². The summed E-state index contributed by atoms with van der Waals surface area (Å²) in [6.07, 6.45) is 1.87. The fourth-order valence-corrected chi connectivity index (χ4v) is 4.10. The van der Waals surface area contributed by atoms with Crippen molar-refractivity contribution in [3.8, 4) is 28.1 Å². The number of anilines is 1. The summed E-state index contributed by atoms with van der Waals surface area (Å²) in [5.74, 6) is 0.997.